The van der Waals surface area contributed by atoms with Crippen LogP contribution in [0.4, 0.5) is 0 Å². The number of phenols is 1. The van der Waals surface area contributed by atoms with E-state index in [1.807, 2.05) is 41.1 Å². The lowest BCUT2D eigenvalue weighted by Crippen LogP contribution is -2.43. The first-order valence-electron chi connectivity index (χ1n) is 21.0. The molecule has 0 bridgehead atoms. The molecule has 5 aromatic rings. The van der Waals surface area contributed by atoms with Gasteiger partial charge in [-0.05, 0) is 117 Å². The van der Waals surface area contributed by atoms with Crippen LogP contribution in [-0.4, -0.2) is 80.4 Å². The van der Waals surface area contributed by atoms with Crippen molar-refractivity contribution in [3.63, 3.8) is 0 Å². The van der Waals surface area contributed by atoms with Crippen LogP contribution >= 0.6 is 34.3 Å². The standard InChI is InChI=1S/C46H60ClN3O8S2Si/c1-45(2,3)61(6,7)58-39(33-18-20-36(51)43-34(33)19-21-42(52)49-43)29-48-28-30-26-35(47)38(27-37(30)55-5)56-23-9-8-22-50(4)31-14-16-32(17-15-31)57-44(53)46(54,40-12-10-24-59-40)41-13-11-25-60-41/h10-13,18-21,24-27,31-32,39,48,51,54H,8-9,14-17,22-23,28-29H2,1-7H3,(H,49,52)/t31?,32?,39-/m0/s1. The number of aromatic hydroxyl groups is 1. The highest BCUT2D eigenvalue weighted by Crippen LogP contribution is 2.42. The Kier molecular flexibility index (Phi) is 15.5. The number of aromatic amines is 1. The van der Waals surface area contributed by atoms with Crippen molar-refractivity contribution in [1.82, 2.24) is 15.2 Å². The number of nitrogens with one attached hydrogen (secondary N) is 2. The normalized spacial score (nSPS) is 16.8. The van der Waals surface area contributed by atoms with Gasteiger partial charge in [0.1, 0.15) is 23.4 Å². The van der Waals surface area contributed by atoms with E-state index in [0.29, 0.717) is 57.5 Å². The molecule has 3 aromatic heterocycles. The van der Waals surface area contributed by atoms with E-state index in [2.05, 4.69) is 56.1 Å². The van der Waals surface area contributed by atoms with Crippen molar-refractivity contribution in [2.45, 2.75) is 108 Å². The lowest BCUT2D eigenvalue weighted by Gasteiger charge is -2.39. The van der Waals surface area contributed by atoms with Crippen molar-refractivity contribution in [2.24, 2.45) is 0 Å². The lowest BCUT2D eigenvalue weighted by atomic mass is 9.91. The Morgan fingerprint density at radius 1 is 1.00 bits per heavy atom. The Morgan fingerprint density at radius 2 is 1.69 bits per heavy atom. The fourth-order valence-corrected chi connectivity index (χ4v) is 10.8. The molecule has 1 aliphatic rings. The summed E-state index contributed by atoms with van der Waals surface area (Å²) in [5.74, 6) is 0.634. The summed E-state index contributed by atoms with van der Waals surface area (Å²) in [6, 6.07) is 18.0. The largest absolute Gasteiger partial charge is 0.506 e. The second-order valence-electron chi connectivity index (χ2n) is 17.4. The molecule has 2 aromatic carbocycles. The maximum atomic E-state index is 13.4. The maximum absolute atomic E-state index is 13.4. The molecule has 1 aliphatic carbocycles. The molecule has 0 aliphatic heterocycles. The molecule has 1 atom stereocenters. The number of aliphatic hydroxyl groups is 1. The van der Waals surface area contributed by atoms with Crippen LogP contribution in [0, 0.1) is 0 Å². The Hall–Kier alpha value is -3.73. The number of carbonyl (C=O) groups excluding carboxylic acids is 1. The number of hydrogen-bond acceptors (Lipinski definition) is 12. The number of ether oxygens (including phenoxy) is 3. The first-order chi connectivity index (χ1) is 29.0. The number of hydrogen-bond donors (Lipinski definition) is 4. The highest BCUT2D eigenvalue weighted by Gasteiger charge is 2.45. The number of phenolic OH excluding ortho intramolecular Hbond substituents is 1. The van der Waals surface area contributed by atoms with Gasteiger partial charge in [0, 0.05) is 42.2 Å². The predicted octanol–water partition coefficient (Wildman–Crippen LogP) is 9.75. The van der Waals surface area contributed by atoms with Gasteiger partial charge in [-0.15, -0.1) is 22.7 Å². The van der Waals surface area contributed by atoms with E-state index in [-0.39, 0.29) is 28.6 Å². The Labute approximate surface area is 373 Å². The number of nitrogens with zero attached hydrogens (tertiary/aromatic N) is 1. The molecule has 3 heterocycles. The van der Waals surface area contributed by atoms with Crippen LogP contribution in [0.2, 0.25) is 23.2 Å². The zero-order valence-corrected chi connectivity index (χ0v) is 39.6. The van der Waals surface area contributed by atoms with Crippen LogP contribution in [0.25, 0.3) is 10.9 Å². The molecule has 4 N–H and O–H groups in total. The molecule has 1 saturated carbocycles. The SMILES string of the molecule is COc1cc(OCCCCN(C)C2CCC(OC(=O)C(O)(c3cccs3)c3cccs3)CC2)c(Cl)cc1CNC[C@H](O[Si](C)(C)C(C)(C)C)c1ccc(O)c2[nH]c(=O)ccc12. The van der Waals surface area contributed by atoms with Crippen LogP contribution in [0.15, 0.2) is 76.2 Å². The predicted molar refractivity (Wildman–Crippen MR) is 248 cm³/mol. The van der Waals surface area contributed by atoms with Crippen molar-refractivity contribution in [2.75, 3.05) is 33.9 Å². The topological polar surface area (TPSA) is 143 Å². The van der Waals surface area contributed by atoms with Crippen LogP contribution in [-0.2, 0) is 26.1 Å². The molecule has 330 valence electrons. The average molecular weight is 911 g/mol. The lowest BCUT2D eigenvalue weighted by molar-refractivity contribution is -0.169. The van der Waals surface area contributed by atoms with E-state index < -0.39 is 19.9 Å². The van der Waals surface area contributed by atoms with Gasteiger partial charge in [0.15, 0.2) is 8.32 Å². The number of benzene rings is 2. The quantitative estimate of drug-likeness (QED) is 0.0360. The van der Waals surface area contributed by atoms with E-state index in [1.165, 1.54) is 28.7 Å². The van der Waals surface area contributed by atoms with Crippen LogP contribution in [0.5, 0.6) is 17.2 Å². The third kappa shape index (κ3) is 11.1. The first-order valence-corrected chi connectivity index (χ1v) is 26.0. The number of halogens is 1. The molecule has 0 saturated heterocycles. The average Bonchev–Trinajstić information content (AvgIpc) is 3.98. The fourth-order valence-electron chi connectivity index (χ4n) is 7.60. The summed E-state index contributed by atoms with van der Waals surface area (Å²) in [6.45, 7) is 13.3. The van der Waals surface area contributed by atoms with Gasteiger partial charge in [-0.1, -0.05) is 50.6 Å². The van der Waals surface area contributed by atoms with E-state index in [0.717, 1.165) is 61.6 Å². The Morgan fingerprint density at radius 3 is 2.31 bits per heavy atom. The van der Waals surface area contributed by atoms with E-state index in [9.17, 15) is 19.8 Å². The minimum absolute atomic E-state index is 0.0110. The van der Waals surface area contributed by atoms with Gasteiger partial charge in [0.25, 0.3) is 0 Å². The van der Waals surface area contributed by atoms with Crippen molar-refractivity contribution < 1.29 is 33.6 Å². The van der Waals surface area contributed by atoms with E-state index >= 15 is 0 Å². The fraction of sp³-hybridized carbons (Fsp3) is 0.478. The molecular formula is C46H60ClN3O8S2Si. The van der Waals surface area contributed by atoms with E-state index in [1.54, 1.807) is 31.4 Å². The van der Waals surface area contributed by atoms with Gasteiger partial charge in [-0.25, -0.2) is 4.79 Å². The third-order valence-electron chi connectivity index (χ3n) is 12.2. The number of carbonyl (C=O) groups is 1. The molecule has 61 heavy (non-hydrogen) atoms. The molecule has 0 spiro atoms. The second-order valence-corrected chi connectivity index (χ2v) is 24.5. The van der Waals surface area contributed by atoms with Gasteiger partial charge < -0.3 is 44.1 Å². The number of unbranched alkanes of at least 4 members (excludes halogenated alkanes) is 1. The Balaban J connectivity index is 0.977. The maximum Gasteiger partial charge on any atom is 0.349 e. The van der Waals surface area contributed by atoms with Crippen molar-refractivity contribution in [3.05, 3.63) is 108 Å². The van der Waals surface area contributed by atoms with Crippen molar-refractivity contribution in [1.29, 1.82) is 0 Å². The van der Waals surface area contributed by atoms with Crippen molar-refractivity contribution in [3.8, 4) is 17.2 Å². The molecule has 0 amide bonds. The third-order valence-corrected chi connectivity index (χ3v) is 19.0. The number of aromatic nitrogens is 1. The molecule has 1 fully saturated rings. The van der Waals surface area contributed by atoms with Gasteiger partial charge in [-0.3, -0.25) is 4.79 Å². The van der Waals surface area contributed by atoms with Crippen LogP contribution in [0.3, 0.4) is 0 Å². The summed E-state index contributed by atoms with van der Waals surface area (Å²) >= 11 is 9.48. The minimum Gasteiger partial charge on any atom is -0.506 e. The van der Waals surface area contributed by atoms with E-state index in [4.69, 9.17) is 30.2 Å². The molecular weight excluding hydrogens is 850 g/mol. The summed E-state index contributed by atoms with van der Waals surface area (Å²) in [5, 5.41) is 30.6. The first kappa shape index (κ1) is 46.8. The zero-order valence-electron chi connectivity index (χ0n) is 36.2. The molecule has 15 heteroatoms. The van der Waals surface area contributed by atoms with Gasteiger partial charge in [-0.2, -0.15) is 0 Å². The zero-order chi connectivity index (χ0) is 44.0. The van der Waals surface area contributed by atoms with Crippen LogP contribution in [0.1, 0.15) is 86.3 Å². The van der Waals surface area contributed by atoms with Gasteiger partial charge in [0.05, 0.1) is 40.1 Å². The summed E-state index contributed by atoms with van der Waals surface area (Å²) in [6.07, 6.45) is 4.55. The summed E-state index contributed by atoms with van der Waals surface area (Å²) in [5.41, 5.74) is 0.0718. The highest BCUT2D eigenvalue weighted by atomic mass is 35.5. The molecule has 11 nitrogen and oxygen atoms in total. The number of methoxy groups -OCH3 is 1. The highest BCUT2D eigenvalue weighted by molar-refractivity contribution is 7.12. The molecule has 6 rings (SSSR count). The van der Waals surface area contributed by atoms with Gasteiger partial charge >= 0.3 is 5.97 Å². The number of fused-ring (bicyclic) bond motifs is 1. The minimum atomic E-state index is -2.25. The summed E-state index contributed by atoms with van der Waals surface area (Å²) in [4.78, 5) is 31.9. The van der Waals surface area contributed by atoms with Crippen molar-refractivity contribution >= 4 is 59.5 Å². The summed E-state index contributed by atoms with van der Waals surface area (Å²) < 4.78 is 24.9. The molecule has 0 unspecified atom stereocenters. The number of esters is 1. The smallest absolute Gasteiger partial charge is 0.349 e. The Bertz CT molecular complexity index is 2240. The monoisotopic (exact) mass is 909 g/mol. The summed E-state index contributed by atoms with van der Waals surface area (Å²) in [7, 11) is 1.53. The number of rotatable bonds is 19. The number of thiophene rings is 2. The van der Waals surface area contributed by atoms with Crippen LogP contribution < -0.4 is 20.3 Å². The molecule has 0 radical (unpaired) electrons. The van der Waals surface area contributed by atoms with Gasteiger partial charge in [0.2, 0.25) is 11.2 Å². The number of pyridine rings is 1. The number of H-pyrrole nitrogens is 1. The second kappa shape index (κ2) is 20.2.